The lowest BCUT2D eigenvalue weighted by Crippen LogP contribution is -1.81. The summed E-state index contributed by atoms with van der Waals surface area (Å²) in [6, 6.07) is 6.13. The van der Waals surface area contributed by atoms with Crippen molar-refractivity contribution in [3.8, 4) is 0 Å². The minimum absolute atomic E-state index is 0.561. The van der Waals surface area contributed by atoms with Crippen molar-refractivity contribution in [2.45, 2.75) is 6.92 Å². The van der Waals surface area contributed by atoms with Crippen molar-refractivity contribution < 1.29 is 0 Å². The van der Waals surface area contributed by atoms with Crippen LogP contribution in [-0.4, -0.2) is 5.88 Å². The molecule has 0 aliphatic rings. The van der Waals surface area contributed by atoms with Crippen molar-refractivity contribution in [3.05, 3.63) is 39.9 Å². The van der Waals surface area contributed by atoms with E-state index < -0.39 is 0 Å². The fourth-order valence-corrected chi connectivity index (χ4v) is 1.45. The zero-order valence-corrected chi connectivity index (χ0v) is 9.19. The van der Waals surface area contributed by atoms with Crippen LogP contribution in [0.2, 0.25) is 0 Å². The van der Waals surface area contributed by atoms with E-state index >= 15 is 0 Å². The molecule has 0 heterocycles. The second kappa shape index (κ2) is 4.68. The maximum atomic E-state index is 5.55. The van der Waals surface area contributed by atoms with Crippen molar-refractivity contribution in [2.75, 3.05) is 5.88 Å². The monoisotopic (exact) mass is 244 g/mol. The Morgan fingerprint density at radius 2 is 2.25 bits per heavy atom. The highest BCUT2D eigenvalue weighted by molar-refractivity contribution is 9.10. The van der Waals surface area contributed by atoms with Crippen molar-refractivity contribution in [2.24, 2.45) is 0 Å². The maximum absolute atomic E-state index is 5.55. The minimum atomic E-state index is 0.561. The van der Waals surface area contributed by atoms with Crippen molar-refractivity contribution >= 4 is 33.6 Å². The largest absolute Gasteiger partial charge is 0.122 e. The van der Waals surface area contributed by atoms with E-state index in [1.807, 2.05) is 24.3 Å². The maximum Gasteiger partial charge on any atom is 0.0407 e. The molecule has 0 radical (unpaired) electrons. The molecule has 0 bridgehead atoms. The second-order valence-corrected chi connectivity index (χ2v) is 3.67. The molecular weight excluding hydrogens is 235 g/mol. The van der Waals surface area contributed by atoms with Crippen LogP contribution in [0.1, 0.15) is 11.1 Å². The molecule has 64 valence electrons. The fraction of sp³-hybridized carbons (Fsp3) is 0.200. The SMILES string of the molecule is Cc1c(Br)cccc1C=CCCl. The lowest BCUT2D eigenvalue weighted by molar-refractivity contribution is 1.40. The molecule has 1 rings (SSSR count). The summed E-state index contributed by atoms with van der Waals surface area (Å²) >= 11 is 9.02. The van der Waals surface area contributed by atoms with E-state index in [1.54, 1.807) is 0 Å². The number of hydrogen-bond acceptors (Lipinski definition) is 0. The molecule has 0 aromatic heterocycles. The molecule has 0 amide bonds. The first-order valence-corrected chi connectivity index (χ1v) is 5.06. The Morgan fingerprint density at radius 1 is 1.50 bits per heavy atom. The Balaban J connectivity index is 3.00. The molecule has 0 aliphatic carbocycles. The second-order valence-electron chi connectivity index (χ2n) is 2.51. The number of rotatable bonds is 2. The van der Waals surface area contributed by atoms with Gasteiger partial charge in [0, 0.05) is 10.4 Å². The van der Waals surface area contributed by atoms with Gasteiger partial charge in [0.2, 0.25) is 0 Å². The third-order valence-corrected chi connectivity index (χ3v) is 2.73. The molecule has 0 saturated carbocycles. The fourth-order valence-electron chi connectivity index (χ4n) is 0.976. The van der Waals surface area contributed by atoms with E-state index in [2.05, 4.69) is 28.9 Å². The van der Waals surface area contributed by atoms with Crippen LogP contribution >= 0.6 is 27.5 Å². The average Bonchev–Trinajstić information content (AvgIpc) is 2.08. The highest BCUT2D eigenvalue weighted by Gasteiger charge is 1.96. The number of alkyl halides is 1. The first kappa shape index (κ1) is 9.82. The van der Waals surface area contributed by atoms with Gasteiger partial charge < -0.3 is 0 Å². The van der Waals surface area contributed by atoms with Crippen LogP contribution in [-0.2, 0) is 0 Å². The van der Waals surface area contributed by atoms with Crippen molar-refractivity contribution in [1.29, 1.82) is 0 Å². The molecular formula is C10H10BrCl. The summed E-state index contributed by atoms with van der Waals surface area (Å²) in [4.78, 5) is 0. The highest BCUT2D eigenvalue weighted by atomic mass is 79.9. The molecule has 0 N–H and O–H groups in total. The molecule has 1 aromatic rings. The van der Waals surface area contributed by atoms with E-state index in [4.69, 9.17) is 11.6 Å². The average molecular weight is 246 g/mol. The number of hydrogen-bond donors (Lipinski definition) is 0. The van der Waals surface area contributed by atoms with Crippen LogP contribution in [0, 0.1) is 6.92 Å². The van der Waals surface area contributed by atoms with E-state index in [9.17, 15) is 0 Å². The lowest BCUT2D eigenvalue weighted by atomic mass is 10.1. The molecule has 0 nitrogen and oxygen atoms in total. The summed E-state index contributed by atoms with van der Waals surface area (Å²) in [5.41, 5.74) is 2.46. The van der Waals surface area contributed by atoms with E-state index in [0.717, 1.165) is 4.47 Å². The molecule has 1 aromatic carbocycles. The molecule has 0 aliphatic heterocycles. The van der Waals surface area contributed by atoms with Crippen LogP contribution in [0.15, 0.2) is 28.7 Å². The van der Waals surface area contributed by atoms with Gasteiger partial charge in [-0.05, 0) is 24.1 Å². The summed E-state index contributed by atoms with van der Waals surface area (Å²) in [5.74, 6) is 0.561. The van der Waals surface area contributed by atoms with Gasteiger partial charge in [0.05, 0.1) is 0 Å². The standard InChI is InChI=1S/C10H10BrCl/c1-8-9(5-3-7-12)4-2-6-10(8)11/h2-6H,7H2,1H3. The van der Waals surface area contributed by atoms with Gasteiger partial charge in [0.15, 0.2) is 0 Å². The number of benzene rings is 1. The molecule has 2 heteroatoms. The van der Waals surface area contributed by atoms with Crippen LogP contribution in [0.5, 0.6) is 0 Å². The highest BCUT2D eigenvalue weighted by Crippen LogP contribution is 2.20. The first-order valence-electron chi connectivity index (χ1n) is 3.73. The van der Waals surface area contributed by atoms with Crippen molar-refractivity contribution in [3.63, 3.8) is 0 Å². The van der Waals surface area contributed by atoms with Crippen LogP contribution < -0.4 is 0 Å². The van der Waals surface area contributed by atoms with E-state index in [1.165, 1.54) is 11.1 Å². The quantitative estimate of drug-likeness (QED) is 0.691. The Bertz CT molecular complexity index is 292. The first-order chi connectivity index (χ1) is 5.75. The zero-order chi connectivity index (χ0) is 8.97. The third kappa shape index (κ3) is 2.36. The molecule has 0 saturated heterocycles. The van der Waals surface area contributed by atoms with Gasteiger partial charge in [-0.2, -0.15) is 0 Å². The Hall–Kier alpha value is -0.270. The molecule has 0 unspecified atom stereocenters. The Morgan fingerprint density at radius 3 is 2.92 bits per heavy atom. The number of halogens is 2. The topological polar surface area (TPSA) is 0 Å². The van der Waals surface area contributed by atoms with E-state index in [-0.39, 0.29) is 0 Å². The predicted molar refractivity (Wildman–Crippen MR) is 58.6 cm³/mol. The third-order valence-electron chi connectivity index (χ3n) is 1.70. The van der Waals surface area contributed by atoms with Crippen LogP contribution in [0.4, 0.5) is 0 Å². The smallest absolute Gasteiger partial charge is 0.0407 e. The minimum Gasteiger partial charge on any atom is -0.122 e. The summed E-state index contributed by atoms with van der Waals surface area (Å²) in [7, 11) is 0. The molecule has 12 heavy (non-hydrogen) atoms. The summed E-state index contributed by atoms with van der Waals surface area (Å²) in [6.45, 7) is 2.08. The molecule has 0 spiro atoms. The van der Waals surface area contributed by atoms with Crippen LogP contribution in [0.25, 0.3) is 6.08 Å². The summed E-state index contributed by atoms with van der Waals surface area (Å²) < 4.78 is 1.14. The van der Waals surface area contributed by atoms with E-state index in [0.29, 0.717) is 5.88 Å². The summed E-state index contributed by atoms with van der Waals surface area (Å²) in [6.07, 6.45) is 3.98. The predicted octanol–water partition coefficient (Wildman–Crippen LogP) is 4.01. The zero-order valence-electron chi connectivity index (χ0n) is 6.85. The van der Waals surface area contributed by atoms with Gasteiger partial charge in [0.25, 0.3) is 0 Å². The lowest BCUT2D eigenvalue weighted by Gasteiger charge is -2.01. The Kier molecular flexibility index (Phi) is 3.83. The van der Waals surface area contributed by atoms with Gasteiger partial charge in [0.1, 0.15) is 0 Å². The normalized spacial score (nSPS) is 10.9. The van der Waals surface area contributed by atoms with Gasteiger partial charge in [-0.1, -0.05) is 40.2 Å². The Labute approximate surface area is 86.4 Å². The van der Waals surface area contributed by atoms with Gasteiger partial charge in [-0.15, -0.1) is 11.6 Å². The van der Waals surface area contributed by atoms with Gasteiger partial charge >= 0.3 is 0 Å². The van der Waals surface area contributed by atoms with Crippen molar-refractivity contribution in [1.82, 2.24) is 0 Å². The van der Waals surface area contributed by atoms with Gasteiger partial charge in [-0.3, -0.25) is 0 Å². The molecule has 0 atom stereocenters. The van der Waals surface area contributed by atoms with Crippen LogP contribution in [0.3, 0.4) is 0 Å². The van der Waals surface area contributed by atoms with Gasteiger partial charge in [-0.25, -0.2) is 0 Å². The molecule has 0 fully saturated rings. The number of allylic oxidation sites excluding steroid dienone is 1. The summed E-state index contributed by atoms with van der Waals surface area (Å²) in [5, 5.41) is 0.